The Labute approximate surface area is 193 Å². The van der Waals surface area contributed by atoms with Gasteiger partial charge in [-0.2, -0.15) is 10.1 Å². The summed E-state index contributed by atoms with van der Waals surface area (Å²) in [4.78, 5) is 23.7. The molecule has 0 unspecified atom stereocenters. The Hall–Kier alpha value is -2.52. The van der Waals surface area contributed by atoms with Gasteiger partial charge in [0.2, 0.25) is 0 Å². The first-order valence-corrected chi connectivity index (χ1v) is 11.3. The summed E-state index contributed by atoms with van der Waals surface area (Å²) >= 11 is 12.0. The summed E-state index contributed by atoms with van der Waals surface area (Å²) in [6, 6.07) is 6.60. The molecule has 4 heterocycles. The summed E-state index contributed by atoms with van der Waals surface area (Å²) in [6.07, 6.45) is 1.64. The minimum atomic E-state index is -2.71. The van der Waals surface area contributed by atoms with E-state index in [4.69, 9.17) is 23.8 Å². The molecular weight excluding hydrogens is 456 g/mol. The van der Waals surface area contributed by atoms with Crippen LogP contribution in [0.5, 0.6) is 0 Å². The quantitative estimate of drug-likeness (QED) is 0.490. The van der Waals surface area contributed by atoms with Gasteiger partial charge in [-0.3, -0.25) is 9.69 Å². The second-order valence-electron chi connectivity index (χ2n) is 8.38. The molecule has 2 aliphatic heterocycles. The van der Waals surface area contributed by atoms with E-state index in [-0.39, 0.29) is 35.3 Å². The largest absolute Gasteiger partial charge is 0.299 e. The van der Waals surface area contributed by atoms with E-state index in [2.05, 4.69) is 15.1 Å². The molecule has 2 saturated heterocycles. The van der Waals surface area contributed by atoms with Crippen LogP contribution in [0.15, 0.2) is 30.6 Å². The van der Waals surface area contributed by atoms with Gasteiger partial charge in [0.25, 0.3) is 18.1 Å². The summed E-state index contributed by atoms with van der Waals surface area (Å²) in [5.41, 5.74) is 1.66. The molecule has 0 radical (unpaired) electrons. The topological polar surface area (TPSA) is 63.4 Å². The Morgan fingerprint density at radius 2 is 1.94 bits per heavy atom. The summed E-state index contributed by atoms with van der Waals surface area (Å²) in [7, 11) is 0. The summed E-state index contributed by atoms with van der Waals surface area (Å²) < 4.78 is 28.5. The van der Waals surface area contributed by atoms with Crippen LogP contribution in [-0.2, 0) is 0 Å². The van der Waals surface area contributed by atoms with Gasteiger partial charge >= 0.3 is 0 Å². The zero-order valence-electron chi connectivity index (χ0n) is 17.2. The maximum atomic E-state index is 13.5. The number of alkyl halides is 2. The third kappa shape index (κ3) is 3.47. The smallest absolute Gasteiger partial charge is 0.280 e. The molecule has 2 aromatic heterocycles. The van der Waals surface area contributed by atoms with Gasteiger partial charge in [-0.25, -0.2) is 18.3 Å². The molecule has 2 bridgehead atoms. The van der Waals surface area contributed by atoms with Crippen LogP contribution in [0.4, 0.5) is 8.78 Å². The number of piperidine rings is 1. The molecule has 3 aromatic rings. The van der Waals surface area contributed by atoms with Gasteiger partial charge in [0.1, 0.15) is 12.0 Å². The van der Waals surface area contributed by atoms with Gasteiger partial charge in [-0.15, -0.1) is 0 Å². The van der Waals surface area contributed by atoms with Crippen molar-refractivity contribution in [3.8, 4) is 0 Å². The van der Waals surface area contributed by atoms with Crippen molar-refractivity contribution in [2.24, 2.45) is 5.92 Å². The number of aromatic nitrogens is 4. The van der Waals surface area contributed by atoms with Crippen LogP contribution in [0.2, 0.25) is 5.02 Å². The SMILES string of the molecule is Cc1cc(C(=O)N2C(=S)[C@@H]3CC[C@@H]2CC[C@@H]3c2cc(C(F)F)nc3ncnn23)ccc1Cl. The normalized spacial score (nSPS) is 23.2. The van der Waals surface area contributed by atoms with E-state index in [1.807, 2.05) is 6.92 Å². The fraction of sp³-hybridized carbons (Fsp3) is 0.409. The summed E-state index contributed by atoms with van der Waals surface area (Å²) in [5, 5.41) is 4.82. The molecule has 3 fully saturated rings. The van der Waals surface area contributed by atoms with Crippen molar-refractivity contribution in [1.82, 2.24) is 24.5 Å². The zero-order valence-corrected chi connectivity index (χ0v) is 18.8. The van der Waals surface area contributed by atoms with Crippen molar-refractivity contribution in [2.45, 2.75) is 51.0 Å². The van der Waals surface area contributed by atoms with E-state index in [9.17, 15) is 13.6 Å². The van der Waals surface area contributed by atoms with Gasteiger partial charge in [0.05, 0.1) is 10.7 Å². The second-order valence-corrected chi connectivity index (χ2v) is 9.20. The van der Waals surface area contributed by atoms with Gasteiger partial charge in [-0.05, 0) is 62.4 Å². The number of carbonyl (C=O) groups is 1. The lowest BCUT2D eigenvalue weighted by molar-refractivity contribution is 0.0775. The molecule has 0 spiro atoms. The molecule has 0 N–H and O–H groups in total. The van der Waals surface area contributed by atoms with Crippen molar-refractivity contribution < 1.29 is 13.6 Å². The molecule has 1 aliphatic carbocycles. The van der Waals surface area contributed by atoms with Gasteiger partial charge in [-0.1, -0.05) is 23.8 Å². The number of amides is 1. The number of fused-ring (bicyclic) bond motifs is 5. The average molecular weight is 476 g/mol. The third-order valence-corrected chi connectivity index (χ3v) is 7.48. The molecule has 1 saturated carbocycles. The van der Waals surface area contributed by atoms with Crippen LogP contribution in [0.3, 0.4) is 0 Å². The summed E-state index contributed by atoms with van der Waals surface area (Å²) in [6.45, 7) is 1.86. The number of rotatable bonds is 3. The fourth-order valence-electron chi connectivity index (χ4n) is 4.97. The molecule has 166 valence electrons. The maximum absolute atomic E-state index is 13.5. The van der Waals surface area contributed by atoms with Gasteiger partial charge < -0.3 is 0 Å². The van der Waals surface area contributed by atoms with Crippen molar-refractivity contribution in [2.75, 3.05) is 0 Å². The first-order chi connectivity index (χ1) is 15.3. The van der Waals surface area contributed by atoms with E-state index < -0.39 is 6.43 Å². The Kier molecular flexibility index (Phi) is 5.41. The fourth-order valence-corrected chi connectivity index (χ4v) is 5.60. The van der Waals surface area contributed by atoms with Crippen LogP contribution in [0.25, 0.3) is 5.78 Å². The van der Waals surface area contributed by atoms with Crippen molar-refractivity contribution in [3.63, 3.8) is 0 Å². The predicted octanol–water partition coefficient (Wildman–Crippen LogP) is 5.15. The third-order valence-electron chi connectivity index (χ3n) is 6.55. The van der Waals surface area contributed by atoms with Crippen LogP contribution in [-0.4, -0.2) is 41.4 Å². The number of thiocarbonyl (C=S) groups is 1. The Balaban J connectivity index is 1.53. The Bertz CT molecular complexity index is 1230. The van der Waals surface area contributed by atoms with Gasteiger partial charge in [0.15, 0.2) is 0 Å². The lowest BCUT2D eigenvalue weighted by atomic mass is 9.83. The number of nitrogens with zero attached hydrogens (tertiary/aromatic N) is 5. The molecule has 32 heavy (non-hydrogen) atoms. The Morgan fingerprint density at radius 3 is 2.66 bits per heavy atom. The monoisotopic (exact) mass is 475 g/mol. The molecule has 6 nitrogen and oxygen atoms in total. The standard InChI is InChI=1S/C22H20ClF2N5OS/c1-11-8-12(2-7-16(11)23)20(31)29-13-3-5-14(15(6-4-13)21(29)32)18-9-17(19(24)25)28-22-26-10-27-30(18)22/h2,7-10,13-15,19H,3-6H2,1H3/t13-,14-,15+/m0/s1. The number of benzene rings is 1. The highest BCUT2D eigenvalue weighted by Gasteiger charge is 2.44. The van der Waals surface area contributed by atoms with Crippen molar-refractivity contribution in [3.05, 3.63) is 58.1 Å². The predicted molar refractivity (Wildman–Crippen MR) is 119 cm³/mol. The zero-order chi connectivity index (χ0) is 22.6. The van der Waals surface area contributed by atoms with E-state index in [0.717, 1.165) is 24.8 Å². The summed E-state index contributed by atoms with van der Waals surface area (Å²) in [5.74, 6) is -0.283. The highest BCUT2D eigenvalue weighted by molar-refractivity contribution is 7.80. The van der Waals surface area contributed by atoms with Crippen molar-refractivity contribution in [1.29, 1.82) is 0 Å². The van der Waals surface area contributed by atoms with Crippen LogP contribution < -0.4 is 0 Å². The number of hydrogen-bond acceptors (Lipinski definition) is 5. The molecule has 6 rings (SSSR count). The molecular formula is C22H20ClF2N5OS. The highest BCUT2D eigenvalue weighted by Crippen LogP contribution is 2.44. The molecule has 3 aliphatic rings. The van der Waals surface area contributed by atoms with Gasteiger partial charge in [0, 0.05) is 28.5 Å². The second kappa shape index (κ2) is 8.12. The van der Waals surface area contributed by atoms with Crippen LogP contribution in [0.1, 0.15) is 65.3 Å². The first-order valence-electron chi connectivity index (χ1n) is 10.5. The molecule has 1 aromatic carbocycles. The number of hydrogen-bond donors (Lipinski definition) is 0. The van der Waals surface area contributed by atoms with E-state index >= 15 is 0 Å². The Morgan fingerprint density at radius 1 is 1.19 bits per heavy atom. The maximum Gasteiger partial charge on any atom is 0.280 e. The van der Waals surface area contributed by atoms with Crippen molar-refractivity contribution >= 4 is 40.5 Å². The highest BCUT2D eigenvalue weighted by atomic mass is 35.5. The molecule has 1 amide bonds. The average Bonchev–Trinajstić information content (AvgIpc) is 3.09. The number of carbonyl (C=O) groups excluding carboxylic acids is 1. The first kappa shape index (κ1) is 21.3. The van der Waals surface area contributed by atoms with E-state index in [0.29, 0.717) is 27.7 Å². The lowest BCUT2D eigenvalue weighted by Crippen LogP contribution is -2.49. The van der Waals surface area contributed by atoms with Crippen LogP contribution in [0, 0.1) is 12.8 Å². The molecule has 3 atom stereocenters. The number of aryl methyl sites for hydroxylation is 1. The minimum Gasteiger partial charge on any atom is -0.299 e. The van der Waals surface area contributed by atoms with E-state index in [1.165, 1.54) is 16.9 Å². The lowest BCUT2D eigenvalue weighted by Gasteiger charge is -2.38. The molecule has 10 heteroatoms. The van der Waals surface area contributed by atoms with Crippen LogP contribution >= 0.6 is 23.8 Å². The number of halogens is 3. The minimum absolute atomic E-state index is 0.0186. The van der Waals surface area contributed by atoms with E-state index in [1.54, 1.807) is 23.1 Å².